The molecule has 0 unspecified atom stereocenters. The number of carbonyl (C=O) groups is 1. The Bertz CT molecular complexity index is 1260. The molecule has 3 aromatic carbocycles. The summed E-state index contributed by atoms with van der Waals surface area (Å²) in [7, 11) is 0. The highest BCUT2D eigenvalue weighted by Gasteiger charge is 2.15. The van der Waals surface area contributed by atoms with Crippen molar-refractivity contribution < 1.29 is 18.3 Å². The lowest BCUT2D eigenvalue weighted by molar-refractivity contribution is 0.102. The summed E-state index contributed by atoms with van der Waals surface area (Å²) in [5.41, 5.74) is 2.51. The first-order valence-corrected chi connectivity index (χ1v) is 9.46. The van der Waals surface area contributed by atoms with Crippen LogP contribution in [-0.2, 0) is 6.54 Å². The number of rotatable bonds is 6. The van der Waals surface area contributed by atoms with E-state index in [4.69, 9.17) is 9.15 Å². The summed E-state index contributed by atoms with van der Waals surface area (Å²) < 4.78 is 25.4. The Morgan fingerprint density at radius 3 is 2.63 bits per heavy atom. The second-order valence-electron chi connectivity index (χ2n) is 6.65. The van der Waals surface area contributed by atoms with Crippen molar-refractivity contribution in [2.45, 2.75) is 13.5 Å². The number of hydrogen-bond acceptors (Lipinski definition) is 4. The van der Waals surface area contributed by atoms with E-state index in [9.17, 15) is 14.0 Å². The zero-order chi connectivity index (χ0) is 21.1. The van der Waals surface area contributed by atoms with Crippen molar-refractivity contribution in [2.75, 3.05) is 11.9 Å². The maximum absolute atomic E-state index is 13.2. The number of oxazole rings is 1. The molecule has 0 atom stereocenters. The number of amides is 1. The Morgan fingerprint density at radius 1 is 1.10 bits per heavy atom. The van der Waals surface area contributed by atoms with Crippen LogP contribution in [0.5, 0.6) is 5.75 Å². The summed E-state index contributed by atoms with van der Waals surface area (Å²) in [6, 6.07) is 17.8. The highest BCUT2D eigenvalue weighted by molar-refractivity contribution is 6.06. The number of nitrogens with one attached hydrogen (secondary N) is 1. The van der Waals surface area contributed by atoms with Gasteiger partial charge in [0.25, 0.3) is 5.91 Å². The number of fused-ring (bicyclic) bond motifs is 1. The lowest BCUT2D eigenvalue weighted by Gasteiger charge is -2.11. The minimum absolute atomic E-state index is 0.199. The molecule has 30 heavy (non-hydrogen) atoms. The van der Waals surface area contributed by atoms with Gasteiger partial charge in [-0.3, -0.25) is 9.36 Å². The zero-order valence-electron chi connectivity index (χ0n) is 16.2. The lowest BCUT2D eigenvalue weighted by atomic mass is 10.1. The van der Waals surface area contributed by atoms with Crippen LogP contribution in [0.15, 0.2) is 75.9 Å². The number of halogens is 1. The molecule has 0 radical (unpaired) electrons. The first-order chi connectivity index (χ1) is 14.5. The summed E-state index contributed by atoms with van der Waals surface area (Å²) in [6.45, 7) is 2.54. The Labute approximate surface area is 171 Å². The van der Waals surface area contributed by atoms with Crippen LogP contribution < -0.4 is 15.8 Å². The number of para-hydroxylation sites is 2. The van der Waals surface area contributed by atoms with E-state index < -0.39 is 5.76 Å². The first-order valence-electron chi connectivity index (χ1n) is 9.46. The number of nitrogens with zero attached hydrogens (tertiary/aromatic N) is 1. The van der Waals surface area contributed by atoms with Crippen LogP contribution in [-0.4, -0.2) is 17.1 Å². The van der Waals surface area contributed by atoms with E-state index in [-0.39, 0.29) is 18.3 Å². The molecule has 0 saturated carbocycles. The minimum atomic E-state index is -0.548. The monoisotopic (exact) mass is 406 g/mol. The molecule has 0 saturated heterocycles. The zero-order valence-corrected chi connectivity index (χ0v) is 16.2. The third kappa shape index (κ3) is 3.96. The number of carbonyl (C=O) groups excluding carboxylic acids is 1. The predicted octanol–water partition coefficient (Wildman–Crippen LogP) is 4.43. The number of ether oxygens (including phenoxy) is 1. The van der Waals surface area contributed by atoms with Gasteiger partial charge in [0, 0.05) is 5.56 Å². The first kappa shape index (κ1) is 19.4. The van der Waals surface area contributed by atoms with Crippen LogP contribution in [0, 0.1) is 5.82 Å². The average Bonchev–Trinajstić information content (AvgIpc) is 3.05. The maximum Gasteiger partial charge on any atom is 0.420 e. The number of hydrogen-bond donors (Lipinski definition) is 1. The van der Waals surface area contributed by atoms with Gasteiger partial charge in [-0.1, -0.05) is 24.3 Å². The van der Waals surface area contributed by atoms with Crippen molar-refractivity contribution in [3.63, 3.8) is 0 Å². The van der Waals surface area contributed by atoms with Crippen LogP contribution in [0.2, 0.25) is 0 Å². The molecule has 6 nitrogen and oxygen atoms in total. The van der Waals surface area contributed by atoms with Gasteiger partial charge in [0.2, 0.25) is 0 Å². The highest BCUT2D eigenvalue weighted by atomic mass is 19.1. The van der Waals surface area contributed by atoms with Gasteiger partial charge in [0.05, 0.1) is 24.4 Å². The van der Waals surface area contributed by atoms with E-state index in [0.717, 1.165) is 5.56 Å². The second kappa shape index (κ2) is 8.24. The summed E-state index contributed by atoms with van der Waals surface area (Å²) in [4.78, 5) is 25.1. The summed E-state index contributed by atoms with van der Waals surface area (Å²) in [5, 5.41) is 2.83. The minimum Gasteiger partial charge on any atom is -0.492 e. The topological polar surface area (TPSA) is 73.5 Å². The summed E-state index contributed by atoms with van der Waals surface area (Å²) >= 11 is 0. The molecule has 4 aromatic rings. The van der Waals surface area contributed by atoms with Gasteiger partial charge >= 0.3 is 5.76 Å². The van der Waals surface area contributed by atoms with Crippen LogP contribution >= 0.6 is 0 Å². The van der Waals surface area contributed by atoms with E-state index in [2.05, 4.69) is 5.32 Å². The third-order valence-electron chi connectivity index (χ3n) is 4.62. The molecule has 0 aliphatic heterocycles. The molecule has 0 spiro atoms. The Morgan fingerprint density at radius 2 is 1.87 bits per heavy atom. The van der Waals surface area contributed by atoms with Gasteiger partial charge < -0.3 is 14.5 Å². The van der Waals surface area contributed by atoms with E-state index in [1.807, 2.05) is 13.0 Å². The van der Waals surface area contributed by atoms with Gasteiger partial charge in [-0.15, -0.1) is 0 Å². The largest absolute Gasteiger partial charge is 0.492 e. The Balaban J connectivity index is 1.65. The van der Waals surface area contributed by atoms with Crippen LogP contribution in [0.4, 0.5) is 10.1 Å². The Kier molecular flexibility index (Phi) is 5.34. The van der Waals surface area contributed by atoms with E-state index >= 15 is 0 Å². The van der Waals surface area contributed by atoms with Crippen molar-refractivity contribution in [3.05, 3.63) is 94.2 Å². The lowest BCUT2D eigenvalue weighted by Crippen LogP contribution is -2.16. The molecule has 0 bridgehead atoms. The van der Waals surface area contributed by atoms with Crippen molar-refractivity contribution in [1.29, 1.82) is 0 Å². The van der Waals surface area contributed by atoms with Gasteiger partial charge in [-0.25, -0.2) is 9.18 Å². The molecule has 4 rings (SSSR count). The van der Waals surface area contributed by atoms with E-state index in [1.165, 1.54) is 16.7 Å². The molecule has 0 aliphatic rings. The molecule has 0 aliphatic carbocycles. The number of anilines is 1. The van der Waals surface area contributed by atoms with E-state index in [1.54, 1.807) is 48.5 Å². The summed E-state index contributed by atoms with van der Waals surface area (Å²) in [6.07, 6.45) is 0. The molecule has 1 N–H and O–H groups in total. The SMILES string of the molecule is CCOc1ccccc1NC(=O)c1ccc2oc(=O)n(Cc3ccc(F)cc3)c2c1. The van der Waals surface area contributed by atoms with Crippen molar-refractivity contribution in [2.24, 2.45) is 0 Å². The molecule has 0 fully saturated rings. The molecule has 152 valence electrons. The molecular formula is C23H19FN2O4. The highest BCUT2D eigenvalue weighted by Crippen LogP contribution is 2.25. The van der Waals surface area contributed by atoms with Gasteiger partial charge in [-0.2, -0.15) is 0 Å². The normalized spacial score (nSPS) is 10.9. The summed E-state index contributed by atoms with van der Waals surface area (Å²) in [5.74, 6) is -0.667. The number of benzene rings is 3. The smallest absolute Gasteiger partial charge is 0.420 e. The maximum atomic E-state index is 13.2. The fraction of sp³-hybridized carbons (Fsp3) is 0.130. The van der Waals surface area contributed by atoms with Crippen LogP contribution in [0.3, 0.4) is 0 Å². The molecular weight excluding hydrogens is 387 g/mol. The second-order valence-corrected chi connectivity index (χ2v) is 6.65. The fourth-order valence-electron chi connectivity index (χ4n) is 3.17. The number of aromatic nitrogens is 1. The standard InChI is InChI=1S/C23H19FN2O4/c1-2-29-20-6-4-3-5-18(20)25-22(27)16-9-12-21-19(13-16)26(23(28)30-21)14-15-7-10-17(24)11-8-15/h3-13H,2,14H2,1H3,(H,25,27). The predicted molar refractivity (Wildman–Crippen MR) is 112 cm³/mol. The van der Waals surface area contributed by atoms with E-state index in [0.29, 0.717) is 34.7 Å². The van der Waals surface area contributed by atoms with Gasteiger partial charge in [0.15, 0.2) is 5.58 Å². The van der Waals surface area contributed by atoms with Crippen molar-refractivity contribution in [3.8, 4) is 5.75 Å². The van der Waals surface area contributed by atoms with Crippen molar-refractivity contribution >= 4 is 22.7 Å². The fourth-order valence-corrected chi connectivity index (χ4v) is 3.17. The Hall–Kier alpha value is -3.87. The quantitative estimate of drug-likeness (QED) is 0.514. The molecule has 1 heterocycles. The van der Waals surface area contributed by atoms with Crippen molar-refractivity contribution in [1.82, 2.24) is 4.57 Å². The van der Waals surface area contributed by atoms with Crippen LogP contribution in [0.25, 0.3) is 11.1 Å². The third-order valence-corrected chi connectivity index (χ3v) is 4.62. The molecule has 1 amide bonds. The average molecular weight is 406 g/mol. The van der Waals surface area contributed by atoms with Gasteiger partial charge in [-0.05, 0) is 55.0 Å². The van der Waals surface area contributed by atoms with Crippen LogP contribution in [0.1, 0.15) is 22.8 Å². The van der Waals surface area contributed by atoms with Gasteiger partial charge in [0.1, 0.15) is 11.6 Å². The molecule has 1 aromatic heterocycles. The molecule has 7 heteroatoms.